The molecule has 156 valence electrons. The van der Waals surface area contributed by atoms with Crippen LogP contribution in [0.1, 0.15) is 31.4 Å². The first-order valence-electron chi connectivity index (χ1n) is 9.43. The van der Waals surface area contributed by atoms with Gasteiger partial charge in [0.15, 0.2) is 6.10 Å². The minimum Gasteiger partial charge on any atom is -0.497 e. The Balaban J connectivity index is 1.88. The van der Waals surface area contributed by atoms with Crippen molar-refractivity contribution in [2.45, 2.75) is 31.9 Å². The third-order valence-corrected chi connectivity index (χ3v) is 4.65. The number of urea groups is 1. The molecule has 2 amide bonds. The van der Waals surface area contributed by atoms with E-state index in [2.05, 4.69) is 10.6 Å². The van der Waals surface area contributed by atoms with E-state index >= 15 is 0 Å². The van der Waals surface area contributed by atoms with E-state index in [9.17, 15) is 14.4 Å². The summed E-state index contributed by atoms with van der Waals surface area (Å²) in [7, 11) is 1.55. The summed E-state index contributed by atoms with van der Waals surface area (Å²) in [6.07, 6.45) is 0.762. The molecular weight excluding hydrogens is 380 g/mol. The molecule has 0 aromatic heterocycles. The standard InChI is InChI=1S/C20H24N2O7/c1-3-27-19(24)16-14(11-29-18(23)15-5-4-10-28-15)21-20(25)22-17(16)12-6-8-13(26-2)9-7-12/h6-9,15,17H,3-5,10-11H2,1-2H3,(H2,21,22,25)/t15-,17+/m0/s1. The summed E-state index contributed by atoms with van der Waals surface area (Å²) >= 11 is 0. The Morgan fingerprint density at radius 1 is 1.21 bits per heavy atom. The quantitative estimate of drug-likeness (QED) is 0.664. The van der Waals surface area contributed by atoms with Crippen molar-refractivity contribution in [3.63, 3.8) is 0 Å². The molecule has 1 aromatic carbocycles. The lowest BCUT2D eigenvalue weighted by atomic mass is 9.95. The lowest BCUT2D eigenvalue weighted by molar-refractivity contribution is -0.153. The second kappa shape index (κ2) is 9.42. The molecule has 0 unspecified atom stereocenters. The maximum atomic E-state index is 12.7. The Morgan fingerprint density at radius 3 is 2.59 bits per heavy atom. The van der Waals surface area contributed by atoms with Crippen LogP contribution in [-0.2, 0) is 23.8 Å². The number of carbonyl (C=O) groups excluding carboxylic acids is 3. The lowest BCUT2D eigenvalue weighted by Crippen LogP contribution is -2.47. The maximum absolute atomic E-state index is 12.7. The largest absolute Gasteiger partial charge is 0.497 e. The second-order valence-corrected chi connectivity index (χ2v) is 6.53. The van der Waals surface area contributed by atoms with Crippen molar-refractivity contribution in [3.05, 3.63) is 41.1 Å². The average molecular weight is 404 g/mol. The molecule has 3 rings (SSSR count). The molecule has 0 radical (unpaired) electrons. The van der Waals surface area contributed by atoms with Crippen LogP contribution in [0.3, 0.4) is 0 Å². The Morgan fingerprint density at radius 2 is 1.97 bits per heavy atom. The van der Waals surface area contributed by atoms with E-state index in [1.807, 2.05) is 0 Å². The minimum absolute atomic E-state index is 0.161. The van der Waals surface area contributed by atoms with Crippen molar-refractivity contribution in [3.8, 4) is 5.75 Å². The minimum atomic E-state index is -0.759. The molecule has 2 heterocycles. The summed E-state index contributed by atoms with van der Waals surface area (Å²) < 4.78 is 20.9. The van der Waals surface area contributed by atoms with Gasteiger partial charge in [0.1, 0.15) is 12.4 Å². The van der Waals surface area contributed by atoms with Gasteiger partial charge < -0.3 is 29.6 Å². The highest BCUT2D eigenvalue weighted by molar-refractivity contribution is 5.95. The maximum Gasteiger partial charge on any atom is 0.338 e. The van der Waals surface area contributed by atoms with Crippen LogP contribution in [0, 0.1) is 0 Å². The van der Waals surface area contributed by atoms with Crippen molar-refractivity contribution in [2.24, 2.45) is 0 Å². The van der Waals surface area contributed by atoms with E-state index in [4.69, 9.17) is 18.9 Å². The molecule has 2 aliphatic heterocycles. The predicted octanol–water partition coefficient (Wildman–Crippen LogP) is 1.59. The molecule has 0 saturated carbocycles. The molecule has 29 heavy (non-hydrogen) atoms. The predicted molar refractivity (Wildman–Crippen MR) is 101 cm³/mol. The van der Waals surface area contributed by atoms with Gasteiger partial charge in [-0.1, -0.05) is 12.1 Å². The van der Waals surface area contributed by atoms with Gasteiger partial charge in [0, 0.05) is 6.61 Å². The number of nitrogens with one attached hydrogen (secondary N) is 2. The normalized spacial score (nSPS) is 21.2. The van der Waals surface area contributed by atoms with Crippen LogP contribution in [0.25, 0.3) is 0 Å². The molecule has 1 fully saturated rings. The Bertz CT molecular complexity index is 798. The molecule has 1 saturated heterocycles. The number of carbonyl (C=O) groups is 3. The zero-order valence-electron chi connectivity index (χ0n) is 16.4. The fraction of sp³-hybridized carbons (Fsp3) is 0.450. The van der Waals surface area contributed by atoms with Crippen LogP contribution in [0.2, 0.25) is 0 Å². The molecule has 9 heteroatoms. The van der Waals surface area contributed by atoms with Crippen molar-refractivity contribution < 1.29 is 33.3 Å². The zero-order valence-corrected chi connectivity index (χ0v) is 16.4. The molecule has 0 bridgehead atoms. The molecule has 2 atom stereocenters. The first-order valence-corrected chi connectivity index (χ1v) is 9.43. The van der Waals surface area contributed by atoms with Crippen LogP contribution in [0.5, 0.6) is 5.75 Å². The monoisotopic (exact) mass is 404 g/mol. The number of hydrogen-bond donors (Lipinski definition) is 2. The fourth-order valence-corrected chi connectivity index (χ4v) is 3.23. The van der Waals surface area contributed by atoms with Gasteiger partial charge in [-0.05, 0) is 37.5 Å². The summed E-state index contributed by atoms with van der Waals surface area (Å²) in [6.45, 7) is 2.09. The van der Waals surface area contributed by atoms with Crippen LogP contribution in [0.4, 0.5) is 4.79 Å². The van der Waals surface area contributed by atoms with Gasteiger partial charge >= 0.3 is 18.0 Å². The third kappa shape index (κ3) is 4.86. The second-order valence-electron chi connectivity index (χ2n) is 6.53. The van der Waals surface area contributed by atoms with Crippen LogP contribution in [-0.4, -0.2) is 51.0 Å². The first kappa shape index (κ1) is 20.7. The van der Waals surface area contributed by atoms with E-state index in [0.717, 1.165) is 6.42 Å². The van der Waals surface area contributed by atoms with E-state index in [-0.39, 0.29) is 24.5 Å². The number of amides is 2. The number of benzene rings is 1. The molecule has 2 N–H and O–H groups in total. The van der Waals surface area contributed by atoms with Gasteiger partial charge in [-0.25, -0.2) is 14.4 Å². The van der Waals surface area contributed by atoms with Crippen LogP contribution >= 0.6 is 0 Å². The highest BCUT2D eigenvalue weighted by Crippen LogP contribution is 2.29. The molecule has 9 nitrogen and oxygen atoms in total. The first-order chi connectivity index (χ1) is 14.0. The van der Waals surface area contributed by atoms with Gasteiger partial charge in [-0.15, -0.1) is 0 Å². The highest BCUT2D eigenvalue weighted by Gasteiger charge is 2.35. The zero-order chi connectivity index (χ0) is 20.8. The number of ether oxygens (including phenoxy) is 4. The molecule has 2 aliphatic rings. The number of esters is 2. The van der Waals surface area contributed by atoms with Gasteiger partial charge in [0.25, 0.3) is 0 Å². The number of hydrogen-bond acceptors (Lipinski definition) is 7. The smallest absolute Gasteiger partial charge is 0.338 e. The van der Waals surface area contributed by atoms with Crippen molar-refractivity contribution in [1.29, 1.82) is 0 Å². The summed E-state index contributed by atoms with van der Waals surface area (Å²) in [5.41, 5.74) is 1.02. The summed E-state index contributed by atoms with van der Waals surface area (Å²) in [5.74, 6) is -0.489. The molecule has 0 spiro atoms. The molecule has 0 aliphatic carbocycles. The summed E-state index contributed by atoms with van der Waals surface area (Å²) in [5, 5.41) is 5.28. The average Bonchev–Trinajstić information content (AvgIpc) is 3.26. The summed E-state index contributed by atoms with van der Waals surface area (Å²) in [4.78, 5) is 37.0. The highest BCUT2D eigenvalue weighted by atomic mass is 16.6. The van der Waals surface area contributed by atoms with Gasteiger partial charge in [-0.2, -0.15) is 0 Å². The number of rotatable bonds is 7. The number of methoxy groups -OCH3 is 1. The van der Waals surface area contributed by atoms with Gasteiger partial charge in [-0.3, -0.25) is 0 Å². The Labute approximate surface area is 168 Å². The van der Waals surface area contributed by atoms with Crippen molar-refractivity contribution >= 4 is 18.0 Å². The lowest BCUT2D eigenvalue weighted by Gasteiger charge is -2.29. The van der Waals surface area contributed by atoms with Crippen LogP contribution < -0.4 is 15.4 Å². The van der Waals surface area contributed by atoms with Crippen LogP contribution in [0.15, 0.2) is 35.5 Å². The van der Waals surface area contributed by atoms with E-state index in [1.165, 1.54) is 0 Å². The van der Waals surface area contributed by atoms with Crippen molar-refractivity contribution in [2.75, 3.05) is 26.9 Å². The van der Waals surface area contributed by atoms with E-state index < -0.39 is 30.1 Å². The van der Waals surface area contributed by atoms with Gasteiger partial charge in [0.05, 0.1) is 31.0 Å². The molecular formula is C20H24N2O7. The topological polar surface area (TPSA) is 112 Å². The summed E-state index contributed by atoms with van der Waals surface area (Å²) in [6, 6.07) is 5.66. The van der Waals surface area contributed by atoms with E-state index in [0.29, 0.717) is 24.3 Å². The fourth-order valence-electron chi connectivity index (χ4n) is 3.23. The SMILES string of the molecule is CCOC(=O)C1=C(COC(=O)[C@@H]2CCCO2)NC(=O)N[C@@H]1c1ccc(OC)cc1. The Hall–Kier alpha value is -3.07. The Kier molecular flexibility index (Phi) is 6.71. The van der Waals surface area contributed by atoms with Crippen molar-refractivity contribution in [1.82, 2.24) is 10.6 Å². The third-order valence-electron chi connectivity index (χ3n) is 4.65. The van der Waals surface area contributed by atoms with E-state index in [1.54, 1.807) is 38.3 Å². The molecule has 1 aromatic rings. The van der Waals surface area contributed by atoms with Gasteiger partial charge in [0.2, 0.25) is 0 Å².